The lowest BCUT2D eigenvalue weighted by Crippen LogP contribution is -2.36. The van der Waals surface area contributed by atoms with Gasteiger partial charge in [-0.25, -0.2) is 0 Å². The molecule has 0 saturated carbocycles. The number of nitrogens with one attached hydrogen (secondary N) is 1. The Kier molecular flexibility index (Phi) is 6.13. The van der Waals surface area contributed by atoms with Crippen LogP contribution in [0.4, 0.5) is 5.69 Å². The van der Waals surface area contributed by atoms with Crippen LogP contribution in [0.15, 0.2) is 24.3 Å². The van der Waals surface area contributed by atoms with Crippen LogP contribution in [0.2, 0.25) is 0 Å². The Bertz CT molecular complexity index is 602. The Morgan fingerprint density at radius 3 is 2.67 bits per heavy atom. The highest BCUT2D eigenvalue weighted by Gasteiger charge is 2.32. The molecule has 0 radical (unpaired) electrons. The van der Waals surface area contributed by atoms with Crippen molar-refractivity contribution in [1.29, 1.82) is 0 Å². The Morgan fingerprint density at radius 1 is 1.33 bits per heavy atom. The molecule has 0 bridgehead atoms. The largest absolute Gasteiger partial charge is 0.325 e. The number of hydrogen-bond donors (Lipinski definition) is 1. The van der Waals surface area contributed by atoms with Gasteiger partial charge in [0.2, 0.25) is 5.91 Å². The average molecular weight is 331 g/mol. The van der Waals surface area contributed by atoms with Crippen molar-refractivity contribution >= 4 is 17.4 Å². The molecule has 24 heavy (non-hydrogen) atoms. The second-order valence-corrected chi connectivity index (χ2v) is 7.44. The van der Waals surface area contributed by atoms with Crippen LogP contribution in [-0.2, 0) is 4.79 Å². The first-order valence-electron chi connectivity index (χ1n) is 8.56. The summed E-state index contributed by atoms with van der Waals surface area (Å²) in [5.41, 5.74) is 1.46. The Labute approximate surface area is 145 Å². The predicted molar refractivity (Wildman–Crippen MR) is 97.4 cm³/mol. The lowest BCUT2D eigenvalue weighted by Gasteiger charge is -2.29. The third-order valence-electron chi connectivity index (χ3n) is 4.70. The molecule has 0 aromatic heterocycles. The maximum absolute atomic E-state index is 12.2. The highest BCUT2D eigenvalue weighted by molar-refractivity contribution is 6.03. The summed E-state index contributed by atoms with van der Waals surface area (Å²) in [5.74, 6) is -0.0921. The van der Waals surface area contributed by atoms with Crippen LogP contribution in [0.1, 0.15) is 37.0 Å². The number of ketones is 1. The van der Waals surface area contributed by atoms with Crippen LogP contribution in [-0.4, -0.2) is 61.8 Å². The third-order valence-corrected chi connectivity index (χ3v) is 4.70. The van der Waals surface area contributed by atoms with Gasteiger partial charge in [-0.15, -0.1) is 0 Å². The molecule has 0 unspecified atom stereocenters. The standard InChI is InChI=1S/C19H29N3O2/c1-15(23)16-7-5-6-8-17(16)20-18(24)9-11-21(3)13-19(2)10-12-22(4)14-19/h5-8H,9-14H2,1-4H3,(H,20,24)/t19-/m1/s1. The minimum atomic E-state index is -0.0516. The molecule has 5 nitrogen and oxygen atoms in total. The molecule has 1 saturated heterocycles. The fraction of sp³-hybridized carbons (Fsp3) is 0.579. The van der Waals surface area contributed by atoms with Gasteiger partial charge in [0.05, 0.1) is 5.69 Å². The second kappa shape index (κ2) is 7.90. The van der Waals surface area contributed by atoms with Gasteiger partial charge < -0.3 is 15.1 Å². The van der Waals surface area contributed by atoms with E-state index in [0.29, 0.717) is 29.6 Å². The number of hydrogen-bond acceptors (Lipinski definition) is 4. The van der Waals surface area contributed by atoms with Gasteiger partial charge in [-0.1, -0.05) is 19.1 Å². The number of anilines is 1. The fourth-order valence-electron chi connectivity index (χ4n) is 3.53. The van der Waals surface area contributed by atoms with Crippen LogP contribution in [0, 0.1) is 5.41 Å². The number of para-hydroxylation sites is 1. The van der Waals surface area contributed by atoms with E-state index in [1.165, 1.54) is 13.3 Å². The quantitative estimate of drug-likeness (QED) is 0.780. The van der Waals surface area contributed by atoms with E-state index in [4.69, 9.17) is 0 Å². The third kappa shape index (κ3) is 5.14. The molecule has 1 heterocycles. The zero-order valence-corrected chi connectivity index (χ0v) is 15.3. The number of Topliss-reactive ketones (excluding diaryl/α,β-unsaturated/α-hetero) is 1. The van der Waals surface area contributed by atoms with Gasteiger partial charge in [0.15, 0.2) is 5.78 Å². The maximum Gasteiger partial charge on any atom is 0.225 e. The molecule has 1 aromatic carbocycles. The summed E-state index contributed by atoms with van der Waals surface area (Å²) < 4.78 is 0. The molecule has 0 aliphatic carbocycles. The summed E-state index contributed by atoms with van der Waals surface area (Å²) in [6, 6.07) is 7.14. The first-order chi connectivity index (χ1) is 11.3. The number of amides is 1. The molecule has 5 heteroatoms. The summed E-state index contributed by atoms with van der Waals surface area (Å²) >= 11 is 0. The SMILES string of the molecule is CC(=O)c1ccccc1NC(=O)CCN(C)C[C@@]1(C)CCN(C)C1. The van der Waals surface area contributed by atoms with Crippen molar-refractivity contribution < 1.29 is 9.59 Å². The number of carbonyl (C=O) groups excluding carboxylic acids is 2. The van der Waals surface area contributed by atoms with E-state index in [2.05, 4.69) is 36.1 Å². The zero-order chi connectivity index (χ0) is 17.7. The van der Waals surface area contributed by atoms with Gasteiger partial charge in [-0.2, -0.15) is 0 Å². The first kappa shape index (κ1) is 18.6. The van der Waals surface area contributed by atoms with E-state index in [-0.39, 0.29) is 11.7 Å². The lowest BCUT2D eigenvalue weighted by molar-refractivity contribution is -0.116. The Hall–Kier alpha value is -1.72. The van der Waals surface area contributed by atoms with Crippen LogP contribution >= 0.6 is 0 Å². The van der Waals surface area contributed by atoms with E-state index >= 15 is 0 Å². The van der Waals surface area contributed by atoms with Gasteiger partial charge in [0.25, 0.3) is 0 Å². The van der Waals surface area contributed by atoms with Gasteiger partial charge in [0, 0.05) is 31.6 Å². The second-order valence-electron chi connectivity index (χ2n) is 7.44. The number of likely N-dealkylation sites (tertiary alicyclic amines) is 1. The van der Waals surface area contributed by atoms with Crippen LogP contribution in [0.3, 0.4) is 0 Å². The smallest absolute Gasteiger partial charge is 0.225 e. The number of nitrogens with zero attached hydrogens (tertiary/aromatic N) is 2. The van der Waals surface area contributed by atoms with Crippen molar-refractivity contribution in [2.45, 2.75) is 26.7 Å². The summed E-state index contributed by atoms with van der Waals surface area (Å²) in [6.45, 7) is 7.79. The van der Waals surface area contributed by atoms with E-state index in [9.17, 15) is 9.59 Å². The summed E-state index contributed by atoms with van der Waals surface area (Å²) in [5, 5.41) is 2.86. The van der Waals surface area contributed by atoms with E-state index < -0.39 is 0 Å². The summed E-state index contributed by atoms with van der Waals surface area (Å²) in [6.07, 6.45) is 1.63. The van der Waals surface area contributed by atoms with Crippen molar-refractivity contribution in [1.82, 2.24) is 9.80 Å². The van der Waals surface area contributed by atoms with Crippen molar-refractivity contribution in [3.63, 3.8) is 0 Å². The van der Waals surface area contributed by atoms with Crippen LogP contribution in [0.25, 0.3) is 0 Å². The molecule has 1 N–H and O–H groups in total. The molecule has 1 aliphatic heterocycles. The number of benzene rings is 1. The molecular weight excluding hydrogens is 302 g/mol. The van der Waals surface area contributed by atoms with Crippen LogP contribution < -0.4 is 5.32 Å². The summed E-state index contributed by atoms with van der Waals surface area (Å²) in [4.78, 5) is 28.4. The molecule has 1 atom stereocenters. The minimum Gasteiger partial charge on any atom is -0.325 e. The fourth-order valence-corrected chi connectivity index (χ4v) is 3.53. The van der Waals surface area contributed by atoms with E-state index in [1.54, 1.807) is 18.2 Å². The van der Waals surface area contributed by atoms with Crippen molar-refractivity contribution in [3.05, 3.63) is 29.8 Å². The van der Waals surface area contributed by atoms with Crippen LogP contribution in [0.5, 0.6) is 0 Å². The molecule has 1 fully saturated rings. The topological polar surface area (TPSA) is 52.7 Å². The van der Waals surface area contributed by atoms with Gasteiger partial charge in [-0.3, -0.25) is 9.59 Å². The molecule has 1 amide bonds. The van der Waals surface area contributed by atoms with Crippen molar-refractivity contribution in [3.8, 4) is 0 Å². The predicted octanol–water partition coefficient (Wildman–Crippen LogP) is 2.49. The highest BCUT2D eigenvalue weighted by Crippen LogP contribution is 2.29. The maximum atomic E-state index is 12.2. The molecule has 1 aromatic rings. The summed E-state index contributed by atoms with van der Waals surface area (Å²) in [7, 11) is 4.23. The van der Waals surface area contributed by atoms with Crippen molar-refractivity contribution in [2.75, 3.05) is 45.6 Å². The number of carbonyl (C=O) groups is 2. The molecule has 2 rings (SSSR count). The Morgan fingerprint density at radius 2 is 2.04 bits per heavy atom. The van der Waals surface area contributed by atoms with Gasteiger partial charge in [-0.05, 0) is 51.5 Å². The number of rotatable bonds is 7. The van der Waals surface area contributed by atoms with Gasteiger partial charge in [0.1, 0.15) is 0 Å². The van der Waals surface area contributed by atoms with E-state index in [1.807, 2.05) is 6.07 Å². The molecule has 0 spiro atoms. The monoisotopic (exact) mass is 331 g/mol. The highest BCUT2D eigenvalue weighted by atomic mass is 16.1. The normalized spacial score (nSPS) is 21.2. The van der Waals surface area contributed by atoms with Crippen molar-refractivity contribution in [2.24, 2.45) is 5.41 Å². The minimum absolute atomic E-state index is 0.0405. The lowest BCUT2D eigenvalue weighted by atomic mass is 9.89. The molecular formula is C19H29N3O2. The molecule has 1 aliphatic rings. The van der Waals surface area contributed by atoms with Gasteiger partial charge >= 0.3 is 0 Å². The zero-order valence-electron chi connectivity index (χ0n) is 15.3. The first-order valence-corrected chi connectivity index (χ1v) is 8.56. The Balaban J connectivity index is 1.82. The molecule has 132 valence electrons. The van der Waals surface area contributed by atoms with E-state index in [0.717, 1.165) is 19.6 Å². The average Bonchev–Trinajstić information content (AvgIpc) is 2.84.